The molecule has 1 aliphatic rings. The quantitative estimate of drug-likeness (QED) is 0.572. The van der Waals surface area contributed by atoms with E-state index in [1.165, 1.54) is 11.1 Å². The van der Waals surface area contributed by atoms with Crippen molar-refractivity contribution in [1.29, 1.82) is 0 Å². The van der Waals surface area contributed by atoms with Crippen LogP contribution in [0.15, 0.2) is 48.5 Å². The molecule has 0 aliphatic carbocycles. The molecule has 31 heavy (non-hydrogen) atoms. The third-order valence-electron chi connectivity index (χ3n) is 6.21. The number of fused-ring (bicyclic) bond motifs is 1. The van der Waals surface area contributed by atoms with E-state index in [1.807, 2.05) is 19.1 Å². The monoisotopic (exact) mass is 422 g/mol. The standard InChI is InChI=1S/C25H34N4O2/c1-3-29-23-11-7-6-10-22(23)26-25(29)19-27-14-15-28(21(18-27)13-16-30)17-20-9-5-8-12-24(20)31-4-2/h5-12,21,30H,3-4,13-19H2,1-2H3. The number of aryl methyl sites for hydroxylation is 1. The molecule has 1 aliphatic heterocycles. The molecule has 1 saturated heterocycles. The molecular weight excluding hydrogens is 388 g/mol. The van der Waals surface area contributed by atoms with E-state index >= 15 is 0 Å². The molecule has 0 amide bonds. The van der Waals surface area contributed by atoms with E-state index in [4.69, 9.17) is 9.72 Å². The third-order valence-corrected chi connectivity index (χ3v) is 6.21. The van der Waals surface area contributed by atoms with E-state index in [-0.39, 0.29) is 6.61 Å². The van der Waals surface area contributed by atoms with Crippen molar-refractivity contribution < 1.29 is 9.84 Å². The van der Waals surface area contributed by atoms with E-state index in [9.17, 15) is 5.11 Å². The zero-order valence-electron chi connectivity index (χ0n) is 18.7. The average Bonchev–Trinajstić information content (AvgIpc) is 3.14. The molecular formula is C25H34N4O2. The second-order valence-electron chi connectivity index (χ2n) is 8.17. The smallest absolute Gasteiger partial charge is 0.124 e. The minimum atomic E-state index is 0.204. The molecule has 2 aromatic carbocycles. The number of imidazole rings is 1. The number of ether oxygens (including phenoxy) is 1. The van der Waals surface area contributed by atoms with E-state index in [0.717, 1.165) is 62.8 Å². The Morgan fingerprint density at radius 2 is 1.84 bits per heavy atom. The van der Waals surface area contributed by atoms with Crippen LogP contribution in [0.2, 0.25) is 0 Å². The molecule has 1 N–H and O–H groups in total. The zero-order valence-corrected chi connectivity index (χ0v) is 18.7. The fraction of sp³-hybridized carbons (Fsp3) is 0.480. The topological polar surface area (TPSA) is 53.8 Å². The van der Waals surface area contributed by atoms with Crippen LogP contribution in [0.4, 0.5) is 0 Å². The van der Waals surface area contributed by atoms with Gasteiger partial charge in [-0.3, -0.25) is 9.80 Å². The summed E-state index contributed by atoms with van der Waals surface area (Å²) in [6.07, 6.45) is 0.775. The van der Waals surface area contributed by atoms with Gasteiger partial charge in [-0.05, 0) is 38.5 Å². The van der Waals surface area contributed by atoms with Gasteiger partial charge in [-0.25, -0.2) is 4.98 Å². The number of hydrogen-bond acceptors (Lipinski definition) is 5. The highest BCUT2D eigenvalue weighted by molar-refractivity contribution is 5.75. The normalized spacial score (nSPS) is 18.0. The van der Waals surface area contributed by atoms with Gasteiger partial charge in [-0.1, -0.05) is 30.3 Å². The first-order chi connectivity index (χ1) is 15.2. The van der Waals surface area contributed by atoms with Crippen molar-refractivity contribution in [2.24, 2.45) is 0 Å². The Kier molecular flexibility index (Phi) is 7.22. The summed E-state index contributed by atoms with van der Waals surface area (Å²) in [4.78, 5) is 9.89. The maximum atomic E-state index is 9.71. The van der Waals surface area contributed by atoms with E-state index in [0.29, 0.717) is 12.6 Å². The molecule has 1 unspecified atom stereocenters. The van der Waals surface area contributed by atoms with E-state index in [2.05, 4.69) is 57.7 Å². The summed E-state index contributed by atoms with van der Waals surface area (Å²) in [6, 6.07) is 17.0. The van der Waals surface area contributed by atoms with Gasteiger partial charge in [0.1, 0.15) is 11.6 Å². The van der Waals surface area contributed by atoms with Gasteiger partial charge in [-0.2, -0.15) is 0 Å². The van der Waals surface area contributed by atoms with E-state index < -0.39 is 0 Å². The summed E-state index contributed by atoms with van der Waals surface area (Å²) in [6.45, 7) is 10.6. The van der Waals surface area contributed by atoms with Gasteiger partial charge < -0.3 is 14.4 Å². The fourth-order valence-corrected chi connectivity index (χ4v) is 4.68. The van der Waals surface area contributed by atoms with Crippen LogP contribution in [0, 0.1) is 0 Å². The van der Waals surface area contributed by atoms with Crippen LogP contribution in [-0.4, -0.2) is 63.3 Å². The Labute approximate surface area is 185 Å². The Balaban J connectivity index is 1.47. The van der Waals surface area contributed by atoms with Crippen molar-refractivity contribution in [2.45, 2.75) is 45.9 Å². The summed E-state index contributed by atoms with van der Waals surface area (Å²) >= 11 is 0. The highest BCUT2D eigenvalue weighted by Crippen LogP contribution is 2.24. The number of para-hydroxylation sites is 3. The van der Waals surface area contributed by atoms with Gasteiger partial charge in [0.25, 0.3) is 0 Å². The maximum Gasteiger partial charge on any atom is 0.124 e. The number of aliphatic hydroxyl groups is 1. The predicted molar refractivity (Wildman–Crippen MR) is 124 cm³/mol. The first-order valence-corrected chi connectivity index (χ1v) is 11.5. The molecule has 4 rings (SSSR count). The van der Waals surface area contributed by atoms with Crippen LogP contribution in [0.25, 0.3) is 11.0 Å². The number of aromatic nitrogens is 2. The molecule has 0 saturated carbocycles. The van der Waals surface area contributed by atoms with Crippen molar-refractivity contribution >= 4 is 11.0 Å². The summed E-state index contributed by atoms with van der Waals surface area (Å²) in [7, 11) is 0. The Bertz CT molecular complexity index is 987. The lowest BCUT2D eigenvalue weighted by molar-refractivity contribution is 0.0478. The lowest BCUT2D eigenvalue weighted by Gasteiger charge is -2.41. The SMILES string of the molecule is CCOc1ccccc1CN1CCN(Cc2nc3ccccc3n2CC)CC1CCO. The molecule has 0 spiro atoms. The molecule has 2 heterocycles. The fourth-order valence-electron chi connectivity index (χ4n) is 4.68. The van der Waals surface area contributed by atoms with Crippen LogP contribution >= 0.6 is 0 Å². The zero-order chi connectivity index (χ0) is 21.6. The third kappa shape index (κ3) is 4.92. The second-order valence-corrected chi connectivity index (χ2v) is 8.17. The lowest BCUT2D eigenvalue weighted by Crippen LogP contribution is -2.52. The number of piperazine rings is 1. The Morgan fingerprint density at radius 3 is 2.65 bits per heavy atom. The molecule has 1 fully saturated rings. The molecule has 1 atom stereocenters. The van der Waals surface area contributed by atoms with Gasteiger partial charge in [-0.15, -0.1) is 0 Å². The minimum Gasteiger partial charge on any atom is -0.494 e. The summed E-state index contributed by atoms with van der Waals surface area (Å²) < 4.78 is 8.15. The van der Waals surface area contributed by atoms with E-state index in [1.54, 1.807) is 0 Å². The van der Waals surface area contributed by atoms with Crippen LogP contribution in [-0.2, 0) is 19.6 Å². The average molecular weight is 423 g/mol. The summed E-state index contributed by atoms with van der Waals surface area (Å²) in [5.41, 5.74) is 3.49. The van der Waals surface area contributed by atoms with Crippen LogP contribution in [0.5, 0.6) is 5.75 Å². The first kappa shape index (κ1) is 21.8. The molecule has 166 valence electrons. The highest BCUT2D eigenvalue weighted by Gasteiger charge is 2.28. The van der Waals surface area contributed by atoms with Crippen molar-refractivity contribution in [3.05, 3.63) is 59.9 Å². The van der Waals surface area contributed by atoms with Crippen molar-refractivity contribution in [2.75, 3.05) is 32.8 Å². The van der Waals surface area contributed by atoms with Gasteiger partial charge in [0.15, 0.2) is 0 Å². The minimum absolute atomic E-state index is 0.204. The number of hydrogen-bond donors (Lipinski definition) is 1. The largest absolute Gasteiger partial charge is 0.494 e. The van der Waals surface area contributed by atoms with Crippen molar-refractivity contribution in [3.8, 4) is 5.75 Å². The van der Waals surface area contributed by atoms with Gasteiger partial charge in [0.05, 0.1) is 24.2 Å². The summed E-state index contributed by atoms with van der Waals surface area (Å²) in [5.74, 6) is 2.09. The van der Waals surface area contributed by atoms with Crippen molar-refractivity contribution in [3.63, 3.8) is 0 Å². The number of nitrogens with zero attached hydrogens (tertiary/aromatic N) is 4. The highest BCUT2D eigenvalue weighted by atomic mass is 16.5. The summed E-state index contributed by atoms with van der Waals surface area (Å²) in [5, 5.41) is 9.71. The number of aliphatic hydroxyl groups excluding tert-OH is 1. The molecule has 0 radical (unpaired) electrons. The van der Waals surface area contributed by atoms with Crippen LogP contribution in [0.3, 0.4) is 0 Å². The Hall–Kier alpha value is -2.41. The van der Waals surface area contributed by atoms with Crippen LogP contribution < -0.4 is 4.74 Å². The van der Waals surface area contributed by atoms with Crippen molar-refractivity contribution in [1.82, 2.24) is 19.4 Å². The van der Waals surface area contributed by atoms with Gasteiger partial charge >= 0.3 is 0 Å². The van der Waals surface area contributed by atoms with Crippen LogP contribution in [0.1, 0.15) is 31.7 Å². The molecule has 3 aromatic rings. The molecule has 6 nitrogen and oxygen atoms in total. The second kappa shape index (κ2) is 10.3. The Morgan fingerprint density at radius 1 is 1.03 bits per heavy atom. The predicted octanol–water partition coefficient (Wildman–Crippen LogP) is 3.52. The maximum absolute atomic E-state index is 9.71. The lowest BCUT2D eigenvalue weighted by atomic mass is 10.1. The van der Waals surface area contributed by atoms with Gasteiger partial charge in [0, 0.05) is 50.9 Å². The molecule has 1 aromatic heterocycles. The van der Waals surface area contributed by atoms with Gasteiger partial charge in [0.2, 0.25) is 0 Å². The molecule has 6 heteroatoms. The number of rotatable bonds is 9. The first-order valence-electron chi connectivity index (χ1n) is 11.5. The molecule has 0 bridgehead atoms. The number of benzene rings is 2.